The zero-order chi connectivity index (χ0) is 19.6. The van der Waals surface area contributed by atoms with Crippen molar-refractivity contribution in [1.82, 2.24) is 10.4 Å². The summed E-state index contributed by atoms with van der Waals surface area (Å²) in [4.78, 5) is 12.6. The van der Waals surface area contributed by atoms with Crippen LogP contribution in [0.5, 0.6) is 5.75 Å². The Morgan fingerprint density at radius 2 is 1.79 bits per heavy atom. The van der Waals surface area contributed by atoms with Crippen molar-refractivity contribution < 1.29 is 18.3 Å². The molecule has 1 heterocycles. The van der Waals surface area contributed by atoms with Gasteiger partial charge >= 0.3 is 13.7 Å². The van der Waals surface area contributed by atoms with Crippen LogP contribution >= 0.6 is 7.67 Å². The van der Waals surface area contributed by atoms with Crippen molar-refractivity contribution in [2.24, 2.45) is 0 Å². The Bertz CT molecular complexity index is 900. The van der Waals surface area contributed by atoms with E-state index in [1.54, 1.807) is 12.1 Å². The second-order valence-corrected chi connectivity index (χ2v) is 9.10. The molecule has 2 amide bonds. The lowest BCUT2D eigenvalue weighted by atomic mass is 9.96. The fraction of sp³-hybridized carbons (Fsp3) is 0.350. The third-order valence-corrected chi connectivity index (χ3v) is 7.08. The number of halogens is 1. The van der Waals surface area contributed by atoms with Gasteiger partial charge in [0.05, 0.1) is 6.54 Å². The molecule has 1 fully saturated rings. The molecule has 4 rings (SSSR count). The van der Waals surface area contributed by atoms with Gasteiger partial charge in [-0.1, -0.05) is 37.5 Å². The predicted octanol–water partition coefficient (Wildman–Crippen LogP) is 4.96. The average molecular weight is 403 g/mol. The van der Waals surface area contributed by atoms with Crippen LogP contribution in [0.3, 0.4) is 0 Å². The summed E-state index contributed by atoms with van der Waals surface area (Å²) in [5.74, 6) is 0.0853. The summed E-state index contributed by atoms with van der Waals surface area (Å²) in [6, 6.07) is 12.5. The van der Waals surface area contributed by atoms with Crippen LogP contribution in [0, 0.1) is 5.82 Å². The highest BCUT2D eigenvalue weighted by molar-refractivity contribution is 7.59. The first-order valence-electron chi connectivity index (χ1n) is 9.53. The van der Waals surface area contributed by atoms with Gasteiger partial charge < -0.3 is 9.84 Å². The van der Waals surface area contributed by atoms with Gasteiger partial charge in [0.1, 0.15) is 11.6 Å². The number of fused-ring (bicyclic) bond motifs is 1. The van der Waals surface area contributed by atoms with E-state index >= 15 is 0 Å². The lowest BCUT2D eigenvalue weighted by molar-refractivity contribution is 0.236. The van der Waals surface area contributed by atoms with Crippen LogP contribution < -0.4 is 19.6 Å². The number of nitrogens with zero attached hydrogens (tertiary/aromatic N) is 1. The number of amides is 2. The number of rotatable bonds is 3. The Labute approximate surface area is 163 Å². The summed E-state index contributed by atoms with van der Waals surface area (Å²) in [5, 5.41) is 5.47. The molecule has 1 aliphatic carbocycles. The Morgan fingerprint density at radius 3 is 2.54 bits per heavy atom. The zero-order valence-corrected chi connectivity index (χ0v) is 16.3. The average Bonchev–Trinajstić information content (AvgIpc) is 2.68. The van der Waals surface area contributed by atoms with Crippen molar-refractivity contribution in [2.45, 2.75) is 44.7 Å². The van der Waals surface area contributed by atoms with Gasteiger partial charge in [0.15, 0.2) is 0 Å². The Kier molecular flexibility index (Phi) is 5.27. The minimum atomic E-state index is -3.77. The molecule has 2 aromatic carbocycles. The van der Waals surface area contributed by atoms with Crippen LogP contribution in [0.2, 0.25) is 0 Å². The fourth-order valence-corrected chi connectivity index (χ4v) is 5.50. The van der Waals surface area contributed by atoms with E-state index < -0.39 is 13.7 Å². The number of benzene rings is 2. The SMILES string of the molecule is O=C(NC1CCCCC1)NP1(=O)Oc2ccccc2CN1c1ccc(F)cc1. The van der Waals surface area contributed by atoms with Gasteiger partial charge in [-0.15, -0.1) is 0 Å². The van der Waals surface area contributed by atoms with Crippen LogP contribution in [-0.4, -0.2) is 12.1 Å². The molecule has 148 valence electrons. The largest absolute Gasteiger partial charge is 0.450 e. The summed E-state index contributed by atoms with van der Waals surface area (Å²) >= 11 is 0. The van der Waals surface area contributed by atoms with Gasteiger partial charge in [0.25, 0.3) is 0 Å². The number of carbonyl (C=O) groups is 1. The van der Waals surface area contributed by atoms with Crippen molar-refractivity contribution in [2.75, 3.05) is 4.67 Å². The van der Waals surface area contributed by atoms with E-state index in [1.165, 1.54) is 35.4 Å². The van der Waals surface area contributed by atoms with E-state index in [9.17, 15) is 13.8 Å². The van der Waals surface area contributed by atoms with Crippen LogP contribution in [-0.2, 0) is 11.1 Å². The minimum absolute atomic E-state index is 0.0803. The topological polar surface area (TPSA) is 70.7 Å². The molecule has 2 aliphatic rings. The first kappa shape index (κ1) is 18.8. The standard InChI is InChI=1S/C20H23FN3O3P/c21-16-10-12-18(13-11-16)24-14-15-6-4-5-9-19(15)27-28(24,26)23-20(25)22-17-7-2-1-3-8-17/h4-6,9-13,17H,1-3,7-8,14H2,(H2,22,23,25,26). The first-order valence-corrected chi connectivity index (χ1v) is 11.1. The minimum Gasteiger partial charge on any atom is -0.413 e. The quantitative estimate of drug-likeness (QED) is 0.711. The van der Waals surface area contributed by atoms with Gasteiger partial charge in [0.2, 0.25) is 0 Å². The van der Waals surface area contributed by atoms with Gasteiger partial charge in [-0.2, -0.15) is 0 Å². The maximum atomic E-state index is 13.7. The second-order valence-electron chi connectivity index (χ2n) is 7.17. The summed E-state index contributed by atoms with van der Waals surface area (Å²) in [5.41, 5.74) is 1.35. The van der Waals surface area contributed by atoms with Crippen LogP contribution in [0.1, 0.15) is 37.7 Å². The van der Waals surface area contributed by atoms with Gasteiger partial charge in [-0.3, -0.25) is 4.67 Å². The van der Waals surface area contributed by atoms with E-state index in [2.05, 4.69) is 10.4 Å². The number of carbonyl (C=O) groups excluding carboxylic acids is 1. The van der Waals surface area contributed by atoms with Gasteiger partial charge in [0, 0.05) is 17.3 Å². The third kappa shape index (κ3) is 3.99. The Balaban J connectivity index is 1.59. The summed E-state index contributed by atoms with van der Waals surface area (Å²) in [6.07, 6.45) is 5.17. The summed E-state index contributed by atoms with van der Waals surface area (Å²) < 4.78 is 34.3. The monoisotopic (exact) mass is 403 g/mol. The molecule has 1 aliphatic heterocycles. The van der Waals surface area contributed by atoms with Crippen LogP contribution in [0.4, 0.5) is 14.9 Å². The van der Waals surface area contributed by atoms with E-state index in [4.69, 9.17) is 4.52 Å². The van der Waals surface area contributed by atoms with Crippen molar-refractivity contribution in [3.05, 3.63) is 59.9 Å². The van der Waals surface area contributed by atoms with E-state index in [0.29, 0.717) is 11.4 Å². The van der Waals surface area contributed by atoms with Crippen molar-refractivity contribution in [3.63, 3.8) is 0 Å². The number of para-hydroxylation sites is 1. The van der Waals surface area contributed by atoms with E-state index in [1.807, 2.05) is 12.1 Å². The number of hydrogen-bond donors (Lipinski definition) is 2. The number of urea groups is 1. The highest BCUT2D eigenvalue weighted by Gasteiger charge is 2.41. The number of hydrogen-bond acceptors (Lipinski definition) is 3. The molecule has 6 nitrogen and oxygen atoms in total. The lowest BCUT2D eigenvalue weighted by Crippen LogP contribution is -2.45. The molecule has 1 saturated carbocycles. The fourth-order valence-electron chi connectivity index (χ4n) is 3.69. The molecule has 28 heavy (non-hydrogen) atoms. The third-order valence-electron chi connectivity index (χ3n) is 5.14. The molecular formula is C20H23FN3O3P. The predicted molar refractivity (Wildman–Crippen MR) is 106 cm³/mol. The highest BCUT2D eigenvalue weighted by Crippen LogP contribution is 2.54. The van der Waals surface area contributed by atoms with Gasteiger partial charge in [-0.05, 0) is 43.2 Å². The smallest absolute Gasteiger partial charge is 0.413 e. The molecule has 2 aromatic rings. The molecule has 1 unspecified atom stereocenters. The second kappa shape index (κ2) is 7.84. The first-order chi connectivity index (χ1) is 13.5. The molecule has 0 saturated heterocycles. The highest BCUT2D eigenvalue weighted by atomic mass is 31.2. The molecule has 1 atom stereocenters. The number of anilines is 1. The Morgan fingerprint density at radius 1 is 1.07 bits per heavy atom. The zero-order valence-electron chi connectivity index (χ0n) is 15.4. The van der Waals surface area contributed by atoms with Crippen LogP contribution in [0.25, 0.3) is 0 Å². The molecular weight excluding hydrogens is 380 g/mol. The summed E-state index contributed by atoms with van der Waals surface area (Å²) in [7, 11) is -3.77. The molecule has 0 radical (unpaired) electrons. The maximum Gasteiger partial charge on any atom is 0.450 e. The molecule has 0 aromatic heterocycles. The molecule has 8 heteroatoms. The lowest BCUT2D eigenvalue weighted by Gasteiger charge is -2.37. The van der Waals surface area contributed by atoms with Gasteiger partial charge in [-0.25, -0.2) is 18.8 Å². The van der Waals surface area contributed by atoms with E-state index in [-0.39, 0.29) is 18.4 Å². The molecule has 2 N–H and O–H groups in total. The number of nitrogens with one attached hydrogen (secondary N) is 2. The summed E-state index contributed by atoms with van der Waals surface area (Å²) in [6.45, 7) is 0.281. The van der Waals surface area contributed by atoms with Crippen molar-refractivity contribution in [3.8, 4) is 5.75 Å². The van der Waals surface area contributed by atoms with Crippen molar-refractivity contribution >= 4 is 19.4 Å². The normalized spacial score (nSPS) is 22.1. The maximum absolute atomic E-state index is 13.7. The van der Waals surface area contributed by atoms with Crippen LogP contribution in [0.15, 0.2) is 48.5 Å². The molecule has 0 spiro atoms. The van der Waals surface area contributed by atoms with E-state index in [0.717, 1.165) is 31.2 Å². The van der Waals surface area contributed by atoms with Crippen molar-refractivity contribution in [1.29, 1.82) is 0 Å². The Hall–Kier alpha value is -2.53. The molecule has 0 bridgehead atoms.